The number of halogens is 2. The number of benzene rings is 2. The fourth-order valence-electron chi connectivity index (χ4n) is 2.07. The minimum atomic E-state index is -0.551. The standard InChI is InChI=1S/C18H16Cl2N2O6/c19-12-3-8-16(15(20)10-12)27-9-1-2-18(24)28-11-17(23)21-13-4-6-14(7-5-13)22(25)26/h3-8,10H,1-2,9,11H2,(H,21,23). The Kier molecular flexibility index (Phi) is 8.03. The SMILES string of the molecule is O=C(COC(=O)CCCOc1ccc(Cl)cc1Cl)Nc1ccc([N+](=O)[O-])cc1. The number of nitrogens with zero attached hydrogens (tertiary/aromatic N) is 1. The Morgan fingerprint density at radius 2 is 1.82 bits per heavy atom. The summed E-state index contributed by atoms with van der Waals surface area (Å²) >= 11 is 11.8. The van der Waals surface area contributed by atoms with E-state index in [1.165, 1.54) is 24.3 Å². The number of carbonyl (C=O) groups is 2. The molecular weight excluding hydrogens is 411 g/mol. The van der Waals surface area contributed by atoms with E-state index in [4.69, 9.17) is 32.7 Å². The van der Waals surface area contributed by atoms with Gasteiger partial charge in [0, 0.05) is 29.3 Å². The lowest BCUT2D eigenvalue weighted by atomic mass is 10.3. The van der Waals surface area contributed by atoms with Gasteiger partial charge in [0.15, 0.2) is 6.61 Å². The van der Waals surface area contributed by atoms with Gasteiger partial charge < -0.3 is 14.8 Å². The highest BCUT2D eigenvalue weighted by atomic mass is 35.5. The number of rotatable bonds is 9. The van der Waals surface area contributed by atoms with Crippen LogP contribution in [-0.4, -0.2) is 30.0 Å². The first-order chi connectivity index (χ1) is 13.3. The normalized spacial score (nSPS) is 10.2. The third kappa shape index (κ3) is 7.05. The Morgan fingerprint density at radius 3 is 2.46 bits per heavy atom. The van der Waals surface area contributed by atoms with Crippen LogP contribution in [0.3, 0.4) is 0 Å². The Morgan fingerprint density at radius 1 is 1.11 bits per heavy atom. The van der Waals surface area contributed by atoms with Gasteiger partial charge in [-0.05, 0) is 36.8 Å². The molecule has 2 rings (SSSR count). The van der Waals surface area contributed by atoms with E-state index in [0.29, 0.717) is 27.9 Å². The summed E-state index contributed by atoms with van der Waals surface area (Å²) in [5.41, 5.74) is 0.270. The maximum atomic E-state index is 11.7. The fourth-order valence-corrected chi connectivity index (χ4v) is 2.54. The van der Waals surface area contributed by atoms with Gasteiger partial charge in [0.25, 0.3) is 11.6 Å². The molecule has 0 spiro atoms. The van der Waals surface area contributed by atoms with Crippen LogP contribution in [0, 0.1) is 10.1 Å². The molecule has 0 fully saturated rings. The van der Waals surface area contributed by atoms with Crippen molar-refractivity contribution in [3.05, 3.63) is 62.6 Å². The number of hydrogen-bond acceptors (Lipinski definition) is 6. The van der Waals surface area contributed by atoms with Crippen molar-refractivity contribution in [1.82, 2.24) is 0 Å². The van der Waals surface area contributed by atoms with Crippen LogP contribution < -0.4 is 10.1 Å². The Bertz CT molecular complexity index is 858. The van der Waals surface area contributed by atoms with Crippen LogP contribution in [0.1, 0.15) is 12.8 Å². The zero-order valence-electron chi connectivity index (χ0n) is 14.5. The number of hydrogen-bond donors (Lipinski definition) is 1. The predicted molar refractivity (Wildman–Crippen MR) is 104 cm³/mol. The third-order valence-corrected chi connectivity index (χ3v) is 3.93. The topological polar surface area (TPSA) is 108 Å². The van der Waals surface area contributed by atoms with Crippen LogP contribution in [0.2, 0.25) is 10.0 Å². The van der Waals surface area contributed by atoms with E-state index in [0.717, 1.165) is 0 Å². The van der Waals surface area contributed by atoms with E-state index in [-0.39, 0.29) is 18.7 Å². The van der Waals surface area contributed by atoms with Crippen molar-refractivity contribution in [2.75, 3.05) is 18.5 Å². The Labute approximate surface area is 170 Å². The number of carbonyl (C=O) groups excluding carboxylic acids is 2. The first-order valence-electron chi connectivity index (χ1n) is 8.13. The molecule has 0 unspecified atom stereocenters. The van der Waals surface area contributed by atoms with E-state index in [1.54, 1.807) is 18.2 Å². The van der Waals surface area contributed by atoms with Crippen LogP contribution in [0.25, 0.3) is 0 Å². The molecule has 0 aliphatic carbocycles. The lowest BCUT2D eigenvalue weighted by Gasteiger charge is -2.09. The van der Waals surface area contributed by atoms with Crippen LogP contribution in [-0.2, 0) is 14.3 Å². The first-order valence-corrected chi connectivity index (χ1v) is 8.88. The van der Waals surface area contributed by atoms with Gasteiger partial charge in [-0.25, -0.2) is 0 Å². The zero-order chi connectivity index (χ0) is 20.5. The highest BCUT2D eigenvalue weighted by Gasteiger charge is 2.10. The molecule has 0 saturated heterocycles. The fraction of sp³-hybridized carbons (Fsp3) is 0.222. The van der Waals surface area contributed by atoms with Gasteiger partial charge in [-0.1, -0.05) is 23.2 Å². The lowest BCUT2D eigenvalue weighted by molar-refractivity contribution is -0.384. The maximum Gasteiger partial charge on any atom is 0.306 e. The monoisotopic (exact) mass is 426 g/mol. The maximum absolute atomic E-state index is 11.7. The summed E-state index contributed by atoms with van der Waals surface area (Å²) < 4.78 is 10.3. The molecule has 2 aromatic rings. The largest absolute Gasteiger partial charge is 0.492 e. The molecule has 1 amide bonds. The molecule has 148 valence electrons. The Hall–Kier alpha value is -2.84. The van der Waals surface area contributed by atoms with E-state index < -0.39 is 23.4 Å². The highest BCUT2D eigenvalue weighted by Crippen LogP contribution is 2.27. The predicted octanol–water partition coefficient (Wildman–Crippen LogP) is 4.24. The Balaban J connectivity index is 1.64. The lowest BCUT2D eigenvalue weighted by Crippen LogP contribution is -2.21. The molecule has 0 saturated carbocycles. The quantitative estimate of drug-likeness (QED) is 0.278. The minimum absolute atomic E-state index is 0.0655. The number of esters is 1. The number of ether oxygens (including phenoxy) is 2. The number of amides is 1. The summed E-state index contributed by atoms with van der Waals surface area (Å²) in [7, 11) is 0. The van der Waals surface area contributed by atoms with Gasteiger partial charge in [0.05, 0.1) is 16.6 Å². The van der Waals surface area contributed by atoms with Gasteiger partial charge in [-0.15, -0.1) is 0 Å². The van der Waals surface area contributed by atoms with Crippen LogP contribution >= 0.6 is 23.2 Å². The summed E-state index contributed by atoms with van der Waals surface area (Å²) in [5.74, 6) is -0.641. The van der Waals surface area contributed by atoms with Crippen LogP contribution in [0.15, 0.2) is 42.5 Å². The summed E-state index contributed by atoms with van der Waals surface area (Å²) in [6.45, 7) is -0.217. The van der Waals surface area contributed by atoms with Gasteiger partial charge in [0.1, 0.15) is 5.75 Å². The smallest absolute Gasteiger partial charge is 0.306 e. The molecular formula is C18H16Cl2N2O6. The summed E-state index contributed by atoms with van der Waals surface area (Å²) in [6.07, 6.45) is 0.442. The number of non-ortho nitro benzene ring substituents is 1. The van der Waals surface area contributed by atoms with Gasteiger partial charge in [-0.3, -0.25) is 19.7 Å². The molecule has 0 aliphatic rings. The van der Waals surface area contributed by atoms with Gasteiger partial charge in [-0.2, -0.15) is 0 Å². The molecule has 0 aliphatic heterocycles. The van der Waals surface area contributed by atoms with E-state index in [9.17, 15) is 19.7 Å². The van der Waals surface area contributed by atoms with Crippen molar-refractivity contribution in [3.63, 3.8) is 0 Å². The first kappa shape index (κ1) is 21.5. The average molecular weight is 427 g/mol. The zero-order valence-corrected chi connectivity index (χ0v) is 16.0. The molecule has 28 heavy (non-hydrogen) atoms. The van der Waals surface area contributed by atoms with Crippen molar-refractivity contribution in [1.29, 1.82) is 0 Å². The number of nitro benzene ring substituents is 1. The van der Waals surface area contributed by atoms with Crippen molar-refractivity contribution in [2.45, 2.75) is 12.8 Å². The number of nitrogens with one attached hydrogen (secondary N) is 1. The van der Waals surface area contributed by atoms with Crippen LogP contribution in [0.5, 0.6) is 5.75 Å². The van der Waals surface area contributed by atoms with Crippen LogP contribution in [0.4, 0.5) is 11.4 Å². The molecule has 8 nitrogen and oxygen atoms in total. The van der Waals surface area contributed by atoms with Crippen molar-refractivity contribution < 1.29 is 24.0 Å². The molecule has 10 heteroatoms. The minimum Gasteiger partial charge on any atom is -0.492 e. The van der Waals surface area contributed by atoms with Gasteiger partial charge in [0.2, 0.25) is 0 Å². The third-order valence-electron chi connectivity index (χ3n) is 3.40. The van der Waals surface area contributed by atoms with E-state index in [1.807, 2.05) is 0 Å². The second-order valence-electron chi connectivity index (χ2n) is 5.54. The number of anilines is 1. The van der Waals surface area contributed by atoms with Crippen molar-refractivity contribution in [2.24, 2.45) is 0 Å². The van der Waals surface area contributed by atoms with E-state index in [2.05, 4.69) is 5.32 Å². The van der Waals surface area contributed by atoms with Gasteiger partial charge >= 0.3 is 5.97 Å². The molecule has 0 atom stereocenters. The second kappa shape index (κ2) is 10.5. The molecule has 1 N–H and O–H groups in total. The molecule has 0 heterocycles. The average Bonchev–Trinajstić information content (AvgIpc) is 2.65. The van der Waals surface area contributed by atoms with E-state index >= 15 is 0 Å². The summed E-state index contributed by atoms with van der Waals surface area (Å²) in [6, 6.07) is 10.1. The molecule has 0 bridgehead atoms. The van der Waals surface area contributed by atoms with Crippen molar-refractivity contribution in [3.8, 4) is 5.75 Å². The van der Waals surface area contributed by atoms with Crippen molar-refractivity contribution >= 4 is 46.5 Å². The molecule has 0 aromatic heterocycles. The molecule has 2 aromatic carbocycles. The highest BCUT2D eigenvalue weighted by molar-refractivity contribution is 6.35. The summed E-state index contributed by atoms with van der Waals surface area (Å²) in [5, 5.41) is 13.9. The summed E-state index contributed by atoms with van der Waals surface area (Å²) in [4.78, 5) is 33.4. The molecule has 0 radical (unpaired) electrons. The number of nitro groups is 1. The second-order valence-corrected chi connectivity index (χ2v) is 6.38.